The molecule has 1 N–H and O–H groups in total. The van der Waals surface area contributed by atoms with Crippen molar-refractivity contribution in [2.24, 2.45) is 0 Å². The molecule has 0 aliphatic carbocycles. The van der Waals surface area contributed by atoms with Gasteiger partial charge in [-0.25, -0.2) is 4.98 Å². The van der Waals surface area contributed by atoms with Crippen LogP contribution in [0.2, 0.25) is 0 Å². The van der Waals surface area contributed by atoms with E-state index in [0.717, 1.165) is 24.6 Å². The number of hydrogen-bond acceptors (Lipinski definition) is 5. The summed E-state index contributed by atoms with van der Waals surface area (Å²) in [6, 6.07) is 0. The van der Waals surface area contributed by atoms with Gasteiger partial charge in [0.15, 0.2) is 0 Å². The van der Waals surface area contributed by atoms with E-state index in [2.05, 4.69) is 9.88 Å². The van der Waals surface area contributed by atoms with E-state index >= 15 is 0 Å². The lowest BCUT2D eigenvalue weighted by Gasteiger charge is -2.31. The van der Waals surface area contributed by atoms with E-state index in [1.807, 2.05) is 13.1 Å². The Labute approximate surface area is 93.5 Å². The number of hydrogen-bond donors (Lipinski definition) is 1. The molecule has 15 heavy (non-hydrogen) atoms. The van der Waals surface area contributed by atoms with E-state index < -0.39 is 0 Å². The Hall–Kier alpha value is -0.490. The van der Waals surface area contributed by atoms with Gasteiger partial charge in [-0.1, -0.05) is 0 Å². The number of aryl methyl sites for hydroxylation is 1. The number of aliphatic hydroxyl groups is 1. The smallest absolute Gasteiger partial charge is 0.0933 e. The lowest BCUT2D eigenvalue weighted by molar-refractivity contribution is -0.0548. The molecule has 1 unspecified atom stereocenters. The number of morpholine rings is 1. The van der Waals surface area contributed by atoms with Crippen LogP contribution in [0, 0.1) is 6.92 Å². The highest BCUT2D eigenvalue weighted by atomic mass is 32.1. The molecule has 2 rings (SSSR count). The molecule has 1 fully saturated rings. The standard InChI is InChI=1S/C10H16N2O2S/c1-8-11-4-10(15-8)6-12-2-3-14-9(5-12)7-13/h4,9,13H,2-3,5-7H2,1H3. The van der Waals surface area contributed by atoms with Gasteiger partial charge in [-0.3, -0.25) is 4.90 Å². The zero-order valence-electron chi connectivity index (χ0n) is 8.85. The molecule has 2 heterocycles. The average molecular weight is 228 g/mol. The molecule has 4 nitrogen and oxygen atoms in total. The van der Waals surface area contributed by atoms with Crippen molar-refractivity contribution in [3.05, 3.63) is 16.1 Å². The van der Waals surface area contributed by atoms with Gasteiger partial charge in [-0.15, -0.1) is 11.3 Å². The molecule has 0 spiro atoms. The minimum atomic E-state index is -0.0206. The molecule has 1 saturated heterocycles. The van der Waals surface area contributed by atoms with Crippen molar-refractivity contribution in [3.8, 4) is 0 Å². The van der Waals surface area contributed by atoms with Gasteiger partial charge in [0, 0.05) is 30.7 Å². The van der Waals surface area contributed by atoms with Crippen LogP contribution in [0.25, 0.3) is 0 Å². The highest BCUT2D eigenvalue weighted by Crippen LogP contribution is 2.16. The second-order valence-corrected chi connectivity index (χ2v) is 5.08. The average Bonchev–Trinajstić information content (AvgIpc) is 2.64. The fourth-order valence-corrected chi connectivity index (χ4v) is 2.57. The molecule has 1 aromatic rings. The van der Waals surface area contributed by atoms with Crippen molar-refractivity contribution >= 4 is 11.3 Å². The van der Waals surface area contributed by atoms with Crippen LogP contribution in [0.1, 0.15) is 9.88 Å². The molecule has 84 valence electrons. The van der Waals surface area contributed by atoms with E-state index in [1.165, 1.54) is 4.88 Å². The minimum absolute atomic E-state index is 0.0206. The highest BCUT2D eigenvalue weighted by molar-refractivity contribution is 7.11. The molecular weight excluding hydrogens is 212 g/mol. The van der Waals surface area contributed by atoms with E-state index in [9.17, 15) is 0 Å². The molecular formula is C10H16N2O2S. The molecule has 1 aromatic heterocycles. The van der Waals surface area contributed by atoms with Crippen molar-refractivity contribution in [2.75, 3.05) is 26.3 Å². The van der Waals surface area contributed by atoms with Gasteiger partial charge >= 0.3 is 0 Å². The van der Waals surface area contributed by atoms with E-state index in [0.29, 0.717) is 6.61 Å². The summed E-state index contributed by atoms with van der Waals surface area (Å²) in [7, 11) is 0. The van der Waals surface area contributed by atoms with Gasteiger partial charge in [-0.05, 0) is 6.92 Å². The molecule has 0 aromatic carbocycles. The van der Waals surface area contributed by atoms with Crippen LogP contribution in [-0.2, 0) is 11.3 Å². The second kappa shape index (κ2) is 5.03. The Morgan fingerprint density at radius 3 is 3.27 bits per heavy atom. The monoisotopic (exact) mass is 228 g/mol. The van der Waals surface area contributed by atoms with Crippen molar-refractivity contribution in [1.29, 1.82) is 0 Å². The molecule has 0 amide bonds. The van der Waals surface area contributed by atoms with Crippen LogP contribution in [0.3, 0.4) is 0 Å². The SMILES string of the molecule is Cc1ncc(CN2CCOC(CO)C2)s1. The summed E-state index contributed by atoms with van der Waals surface area (Å²) in [5, 5.41) is 10.1. The predicted molar refractivity (Wildman–Crippen MR) is 59.0 cm³/mol. The number of nitrogens with zero attached hydrogens (tertiary/aromatic N) is 2. The van der Waals surface area contributed by atoms with Crippen LogP contribution >= 0.6 is 11.3 Å². The third-order valence-electron chi connectivity index (χ3n) is 2.48. The van der Waals surface area contributed by atoms with E-state index in [-0.39, 0.29) is 12.7 Å². The number of ether oxygens (including phenoxy) is 1. The van der Waals surface area contributed by atoms with Crippen molar-refractivity contribution < 1.29 is 9.84 Å². The summed E-state index contributed by atoms with van der Waals surface area (Å²) >= 11 is 1.73. The quantitative estimate of drug-likeness (QED) is 0.825. The topological polar surface area (TPSA) is 45.6 Å². The Morgan fingerprint density at radius 1 is 1.73 bits per heavy atom. The first kappa shape index (κ1) is 11.0. The molecule has 0 bridgehead atoms. The summed E-state index contributed by atoms with van der Waals surface area (Å²) < 4.78 is 5.40. The Balaban J connectivity index is 1.88. The van der Waals surface area contributed by atoms with Crippen LogP contribution < -0.4 is 0 Å². The number of thiazole rings is 1. The molecule has 5 heteroatoms. The Morgan fingerprint density at radius 2 is 2.60 bits per heavy atom. The van der Waals surface area contributed by atoms with Gasteiger partial charge in [0.05, 0.1) is 24.3 Å². The molecule has 0 radical (unpaired) electrons. The zero-order valence-corrected chi connectivity index (χ0v) is 9.66. The fraction of sp³-hybridized carbons (Fsp3) is 0.700. The maximum atomic E-state index is 9.02. The van der Waals surface area contributed by atoms with E-state index in [4.69, 9.17) is 9.84 Å². The summed E-state index contributed by atoms with van der Waals surface area (Å²) in [6.45, 7) is 5.51. The van der Waals surface area contributed by atoms with Crippen LogP contribution in [0.4, 0.5) is 0 Å². The Bertz CT molecular complexity index is 316. The van der Waals surface area contributed by atoms with Gasteiger partial charge < -0.3 is 9.84 Å². The lowest BCUT2D eigenvalue weighted by Crippen LogP contribution is -2.43. The van der Waals surface area contributed by atoms with Crippen molar-refractivity contribution in [2.45, 2.75) is 19.6 Å². The van der Waals surface area contributed by atoms with Crippen LogP contribution in [0.15, 0.2) is 6.20 Å². The van der Waals surface area contributed by atoms with Crippen LogP contribution in [-0.4, -0.2) is 47.4 Å². The predicted octanol–water partition coefficient (Wildman–Crippen LogP) is 0.645. The normalized spacial score (nSPS) is 23.2. The van der Waals surface area contributed by atoms with Crippen LogP contribution in [0.5, 0.6) is 0 Å². The molecule has 1 aliphatic heterocycles. The minimum Gasteiger partial charge on any atom is -0.394 e. The Kier molecular flexibility index (Phi) is 3.69. The number of aromatic nitrogens is 1. The first-order valence-corrected chi connectivity index (χ1v) is 5.95. The van der Waals surface area contributed by atoms with Crippen molar-refractivity contribution in [3.63, 3.8) is 0 Å². The van der Waals surface area contributed by atoms with Gasteiger partial charge in [0.25, 0.3) is 0 Å². The summed E-state index contributed by atoms with van der Waals surface area (Å²) in [5.41, 5.74) is 0. The van der Waals surface area contributed by atoms with Crippen molar-refractivity contribution in [1.82, 2.24) is 9.88 Å². The zero-order chi connectivity index (χ0) is 10.7. The molecule has 1 aliphatic rings. The maximum absolute atomic E-state index is 9.02. The second-order valence-electron chi connectivity index (χ2n) is 3.76. The van der Waals surface area contributed by atoms with Gasteiger partial charge in [0.2, 0.25) is 0 Å². The lowest BCUT2D eigenvalue weighted by atomic mass is 10.3. The summed E-state index contributed by atoms with van der Waals surface area (Å²) in [4.78, 5) is 7.82. The number of rotatable bonds is 3. The third-order valence-corrected chi connectivity index (χ3v) is 3.37. The first-order chi connectivity index (χ1) is 7.28. The summed E-state index contributed by atoms with van der Waals surface area (Å²) in [6.07, 6.45) is 1.91. The third kappa shape index (κ3) is 2.98. The van der Waals surface area contributed by atoms with E-state index in [1.54, 1.807) is 11.3 Å². The fourth-order valence-electron chi connectivity index (χ4n) is 1.73. The highest BCUT2D eigenvalue weighted by Gasteiger charge is 2.19. The van der Waals surface area contributed by atoms with Gasteiger partial charge in [0.1, 0.15) is 0 Å². The largest absolute Gasteiger partial charge is 0.394 e. The molecule has 1 atom stereocenters. The first-order valence-electron chi connectivity index (χ1n) is 5.14. The maximum Gasteiger partial charge on any atom is 0.0933 e. The molecule has 0 saturated carbocycles. The summed E-state index contributed by atoms with van der Waals surface area (Å²) in [5.74, 6) is 0. The number of aliphatic hydroxyl groups excluding tert-OH is 1. The van der Waals surface area contributed by atoms with Gasteiger partial charge in [-0.2, -0.15) is 0 Å².